The van der Waals surface area contributed by atoms with Crippen LogP contribution in [0.25, 0.3) is 0 Å². The number of nitrogens with zero attached hydrogens (tertiary/aromatic N) is 1. The number of aliphatic carboxylic acids is 1. The molecule has 0 spiro atoms. The molecule has 1 heterocycles. The topological polar surface area (TPSA) is 49.8 Å². The lowest BCUT2D eigenvalue weighted by atomic mass is 10.0. The summed E-state index contributed by atoms with van der Waals surface area (Å²) in [5.74, 6) is -1.24. The minimum absolute atomic E-state index is 0.127. The molecule has 0 aromatic rings. The van der Waals surface area contributed by atoms with E-state index in [1.165, 1.54) is 0 Å². The SMILES string of the molecule is CC1CC(N(CC(=O)O)CC(F)(F)F)CCO1. The van der Waals surface area contributed by atoms with Gasteiger partial charge in [-0.2, -0.15) is 13.2 Å². The van der Waals surface area contributed by atoms with E-state index in [2.05, 4.69) is 0 Å². The van der Waals surface area contributed by atoms with Crippen molar-refractivity contribution in [1.29, 1.82) is 0 Å². The van der Waals surface area contributed by atoms with Gasteiger partial charge < -0.3 is 9.84 Å². The molecule has 1 aliphatic heterocycles. The van der Waals surface area contributed by atoms with Crippen LogP contribution in [0.4, 0.5) is 13.2 Å². The summed E-state index contributed by atoms with van der Waals surface area (Å²) >= 11 is 0. The smallest absolute Gasteiger partial charge is 0.401 e. The molecule has 7 heteroatoms. The van der Waals surface area contributed by atoms with Crippen molar-refractivity contribution in [3.05, 3.63) is 0 Å². The van der Waals surface area contributed by atoms with Crippen LogP contribution in [-0.2, 0) is 9.53 Å². The Morgan fingerprint density at radius 3 is 2.65 bits per heavy atom. The molecule has 1 fully saturated rings. The van der Waals surface area contributed by atoms with Crippen LogP contribution >= 0.6 is 0 Å². The summed E-state index contributed by atoms with van der Waals surface area (Å²) in [4.78, 5) is 11.6. The first-order chi connectivity index (χ1) is 7.78. The van der Waals surface area contributed by atoms with Crippen LogP contribution in [-0.4, -0.2) is 54.0 Å². The second-order valence-electron chi connectivity index (χ2n) is 4.27. The summed E-state index contributed by atoms with van der Waals surface area (Å²) in [6.45, 7) is 0.381. The van der Waals surface area contributed by atoms with Gasteiger partial charge in [0.15, 0.2) is 0 Å². The van der Waals surface area contributed by atoms with Crippen LogP contribution in [0.2, 0.25) is 0 Å². The number of carbonyl (C=O) groups is 1. The molecular formula is C10H16F3NO3. The second kappa shape index (κ2) is 5.68. The Kier molecular flexibility index (Phi) is 4.76. The minimum Gasteiger partial charge on any atom is -0.480 e. The molecule has 0 aromatic carbocycles. The van der Waals surface area contributed by atoms with E-state index in [1.54, 1.807) is 6.92 Å². The average Bonchev–Trinajstić information content (AvgIpc) is 2.13. The highest BCUT2D eigenvalue weighted by atomic mass is 19.4. The largest absolute Gasteiger partial charge is 0.480 e. The molecule has 0 aromatic heterocycles. The molecule has 0 saturated carbocycles. The van der Waals surface area contributed by atoms with Gasteiger partial charge in [-0.1, -0.05) is 0 Å². The molecule has 100 valence electrons. The van der Waals surface area contributed by atoms with Crippen molar-refractivity contribution in [2.75, 3.05) is 19.7 Å². The standard InChI is InChI=1S/C10H16F3NO3/c1-7-4-8(2-3-17-7)14(5-9(15)16)6-10(11,12)13/h7-8H,2-6H2,1H3,(H,15,16). The first kappa shape index (κ1) is 14.2. The van der Waals surface area contributed by atoms with E-state index in [9.17, 15) is 18.0 Å². The molecule has 4 nitrogen and oxygen atoms in total. The van der Waals surface area contributed by atoms with Crippen molar-refractivity contribution >= 4 is 5.97 Å². The maximum atomic E-state index is 12.3. The van der Waals surface area contributed by atoms with Gasteiger partial charge in [0.05, 0.1) is 19.2 Å². The van der Waals surface area contributed by atoms with E-state index >= 15 is 0 Å². The number of hydrogen-bond donors (Lipinski definition) is 1. The fraction of sp³-hybridized carbons (Fsp3) is 0.900. The third-order valence-corrected chi connectivity index (χ3v) is 2.69. The normalized spacial score (nSPS) is 26.2. The van der Waals surface area contributed by atoms with E-state index < -0.39 is 25.2 Å². The maximum absolute atomic E-state index is 12.3. The third-order valence-electron chi connectivity index (χ3n) is 2.69. The molecule has 0 amide bonds. The molecular weight excluding hydrogens is 239 g/mol. The fourth-order valence-corrected chi connectivity index (χ4v) is 2.02. The summed E-state index contributed by atoms with van der Waals surface area (Å²) < 4.78 is 42.3. The van der Waals surface area contributed by atoms with E-state index in [0.717, 1.165) is 4.90 Å². The average molecular weight is 255 g/mol. The zero-order chi connectivity index (χ0) is 13.1. The van der Waals surface area contributed by atoms with Gasteiger partial charge in [0.1, 0.15) is 0 Å². The molecule has 0 aliphatic carbocycles. The van der Waals surface area contributed by atoms with Crippen LogP contribution in [0.1, 0.15) is 19.8 Å². The zero-order valence-corrected chi connectivity index (χ0v) is 9.54. The number of hydrogen-bond acceptors (Lipinski definition) is 3. The summed E-state index contributed by atoms with van der Waals surface area (Å²) in [5, 5.41) is 8.64. The molecule has 0 radical (unpaired) electrons. The summed E-state index contributed by atoms with van der Waals surface area (Å²) in [7, 11) is 0. The molecule has 2 atom stereocenters. The zero-order valence-electron chi connectivity index (χ0n) is 9.54. The van der Waals surface area contributed by atoms with Crippen LogP contribution in [0.15, 0.2) is 0 Å². The minimum atomic E-state index is -4.38. The Labute approximate surface area is 97.3 Å². The van der Waals surface area contributed by atoms with E-state index in [1.807, 2.05) is 0 Å². The van der Waals surface area contributed by atoms with Gasteiger partial charge in [0, 0.05) is 12.6 Å². The Balaban J connectivity index is 2.64. The Morgan fingerprint density at radius 2 is 2.18 bits per heavy atom. The second-order valence-corrected chi connectivity index (χ2v) is 4.27. The number of carboxylic acids is 1. The monoisotopic (exact) mass is 255 g/mol. The van der Waals surface area contributed by atoms with Crippen molar-refractivity contribution in [2.24, 2.45) is 0 Å². The first-order valence-corrected chi connectivity index (χ1v) is 5.42. The van der Waals surface area contributed by atoms with Crippen molar-refractivity contribution in [2.45, 2.75) is 38.1 Å². The summed E-state index contributed by atoms with van der Waals surface area (Å²) in [5.41, 5.74) is 0. The van der Waals surface area contributed by atoms with Gasteiger partial charge in [-0.25, -0.2) is 0 Å². The predicted octanol–water partition coefficient (Wildman–Crippen LogP) is 1.50. The number of halogens is 3. The number of carboxylic acid groups (broad SMARTS) is 1. The summed E-state index contributed by atoms with van der Waals surface area (Å²) in [6.07, 6.45) is -3.63. The van der Waals surface area contributed by atoms with Gasteiger partial charge in [-0.3, -0.25) is 9.69 Å². The molecule has 1 N–H and O–H groups in total. The van der Waals surface area contributed by atoms with Crippen molar-refractivity contribution in [3.8, 4) is 0 Å². The van der Waals surface area contributed by atoms with Gasteiger partial charge in [0.25, 0.3) is 0 Å². The van der Waals surface area contributed by atoms with Crippen LogP contribution in [0.3, 0.4) is 0 Å². The lowest BCUT2D eigenvalue weighted by Gasteiger charge is -2.36. The maximum Gasteiger partial charge on any atom is 0.401 e. The molecule has 17 heavy (non-hydrogen) atoms. The highest BCUT2D eigenvalue weighted by molar-refractivity contribution is 5.69. The van der Waals surface area contributed by atoms with Crippen LogP contribution in [0.5, 0.6) is 0 Å². The van der Waals surface area contributed by atoms with Crippen LogP contribution in [0, 0.1) is 0 Å². The predicted molar refractivity (Wildman–Crippen MR) is 53.7 cm³/mol. The van der Waals surface area contributed by atoms with Crippen LogP contribution < -0.4 is 0 Å². The molecule has 2 unspecified atom stereocenters. The molecule has 1 aliphatic rings. The highest BCUT2D eigenvalue weighted by Gasteiger charge is 2.36. The lowest BCUT2D eigenvalue weighted by Crippen LogP contribution is -2.48. The first-order valence-electron chi connectivity index (χ1n) is 5.42. The Hall–Kier alpha value is -0.820. The lowest BCUT2D eigenvalue weighted by molar-refractivity contribution is -0.163. The molecule has 1 rings (SSSR count). The van der Waals surface area contributed by atoms with Gasteiger partial charge in [-0.15, -0.1) is 0 Å². The Morgan fingerprint density at radius 1 is 1.53 bits per heavy atom. The van der Waals surface area contributed by atoms with Crippen molar-refractivity contribution in [3.63, 3.8) is 0 Å². The van der Waals surface area contributed by atoms with Crippen molar-refractivity contribution in [1.82, 2.24) is 4.90 Å². The van der Waals surface area contributed by atoms with Crippen molar-refractivity contribution < 1.29 is 27.8 Å². The Bertz CT molecular complexity index is 270. The fourth-order valence-electron chi connectivity index (χ4n) is 2.02. The summed E-state index contributed by atoms with van der Waals surface area (Å²) in [6, 6.07) is -0.378. The van der Waals surface area contributed by atoms with E-state index in [-0.39, 0.29) is 12.1 Å². The quantitative estimate of drug-likeness (QED) is 0.827. The van der Waals surface area contributed by atoms with Gasteiger partial charge in [-0.05, 0) is 19.8 Å². The number of ether oxygens (including phenoxy) is 1. The van der Waals surface area contributed by atoms with Gasteiger partial charge >= 0.3 is 12.1 Å². The highest BCUT2D eigenvalue weighted by Crippen LogP contribution is 2.23. The molecule has 1 saturated heterocycles. The molecule has 0 bridgehead atoms. The van der Waals surface area contributed by atoms with E-state index in [0.29, 0.717) is 19.4 Å². The third kappa shape index (κ3) is 5.36. The van der Waals surface area contributed by atoms with E-state index in [4.69, 9.17) is 9.84 Å². The number of alkyl halides is 3. The van der Waals surface area contributed by atoms with Gasteiger partial charge in [0.2, 0.25) is 0 Å². The number of rotatable bonds is 4.